The molecule has 0 rings (SSSR count). The molecule has 0 saturated carbocycles. The number of hydrogen-bond acceptors (Lipinski definition) is 5. The average Bonchev–Trinajstić information content (AvgIpc) is 1.83. The van der Waals surface area contributed by atoms with Crippen molar-refractivity contribution in [2.45, 2.75) is 0 Å². The lowest BCUT2D eigenvalue weighted by Crippen LogP contribution is -2.18. The van der Waals surface area contributed by atoms with E-state index in [0.29, 0.717) is 5.12 Å². The van der Waals surface area contributed by atoms with Crippen molar-refractivity contribution in [1.29, 1.82) is 0 Å². The summed E-state index contributed by atoms with van der Waals surface area (Å²) < 4.78 is 0. The van der Waals surface area contributed by atoms with Crippen LogP contribution in [-0.2, 0) is 0 Å². The minimum Gasteiger partial charge on any atom is -0.329 e. The molecule has 0 aromatic heterocycles. The van der Waals surface area contributed by atoms with Crippen LogP contribution < -0.4 is 5.73 Å². The Bertz CT molecular complexity index is 76.1. The standard InChI is InChI=1S/C2H6N4O2/c3-1-2-6(4-7)5-8/h1-3H2. The molecular weight excluding hydrogens is 112 g/mol. The number of nitrogens with two attached hydrogens (primary N) is 1. The molecule has 0 amide bonds. The summed E-state index contributed by atoms with van der Waals surface area (Å²) in [4.78, 5) is 18.9. The fraction of sp³-hybridized carbons (Fsp3) is 1.00. The second kappa shape index (κ2) is 4.13. The maximum absolute atomic E-state index is 9.45. The molecule has 0 fully saturated rings. The van der Waals surface area contributed by atoms with Crippen LogP contribution >= 0.6 is 0 Å². The lowest BCUT2D eigenvalue weighted by Gasteiger charge is -1.98. The summed E-state index contributed by atoms with van der Waals surface area (Å²) in [6.07, 6.45) is 0. The number of nitrogens with zero attached hydrogens (tertiary/aromatic N) is 3. The Kier molecular flexibility index (Phi) is 3.59. The summed E-state index contributed by atoms with van der Waals surface area (Å²) in [7, 11) is 0. The van der Waals surface area contributed by atoms with E-state index in [1.165, 1.54) is 0 Å². The molecule has 6 heteroatoms. The largest absolute Gasteiger partial charge is 0.329 e. The van der Waals surface area contributed by atoms with Crippen molar-refractivity contribution in [1.82, 2.24) is 5.12 Å². The van der Waals surface area contributed by atoms with E-state index in [-0.39, 0.29) is 13.1 Å². The zero-order chi connectivity index (χ0) is 6.41. The van der Waals surface area contributed by atoms with Crippen molar-refractivity contribution in [3.05, 3.63) is 9.81 Å². The highest BCUT2D eigenvalue weighted by Crippen LogP contribution is 1.84. The van der Waals surface area contributed by atoms with E-state index in [1.807, 2.05) is 0 Å². The van der Waals surface area contributed by atoms with Gasteiger partial charge in [0.05, 0.1) is 17.1 Å². The van der Waals surface area contributed by atoms with E-state index in [9.17, 15) is 9.81 Å². The van der Waals surface area contributed by atoms with Gasteiger partial charge in [-0.05, 0) is 0 Å². The van der Waals surface area contributed by atoms with Crippen molar-refractivity contribution < 1.29 is 0 Å². The van der Waals surface area contributed by atoms with Crippen molar-refractivity contribution in [2.24, 2.45) is 16.3 Å². The van der Waals surface area contributed by atoms with Crippen molar-refractivity contribution in [3.8, 4) is 0 Å². The van der Waals surface area contributed by atoms with Crippen LogP contribution in [0.15, 0.2) is 10.6 Å². The quantitative estimate of drug-likeness (QED) is 0.402. The van der Waals surface area contributed by atoms with Gasteiger partial charge in [-0.15, -0.1) is 14.9 Å². The van der Waals surface area contributed by atoms with Crippen LogP contribution in [-0.4, -0.2) is 18.2 Å². The lowest BCUT2D eigenvalue weighted by atomic mass is 10.7. The second-order valence-corrected chi connectivity index (χ2v) is 1.05. The topological polar surface area (TPSA) is 88.1 Å². The molecule has 0 aliphatic heterocycles. The molecule has 0 spiro atoms. The van der Waals surface area contributed by atoms with E-state index >= 15 is 0 Å². The molecule has 0 unspecified atom stereocenters. The maximum atomic E-state index is 9.45. The van der Waals surface area contributed by atoms with Crippen LogP contribution in [0.4, 0.5) is 0 Å². The van der Waals surface area contributed by atoms with Crippen LogP contribution in [0.1, 0.15) is 0 Å². The lowest BCUT2D eigenvalue weighted by molar-refractivity contribution is 0.304. The highest BCUT2D eigenvalue weighted by molar-refractivity contribution is 4.41. The van der Waals surface area contributed by atoms with Crippen LogP contribution in [0.5, 0.6) is 0 Å². The summed E-state index contributed by atoms with van der Waals surface area (Å²) in [6.45, 7) is 0.268. The third kappa shape index (κ3) is 2.19. The van der Waals surface area contributed by atoms with E-state index in [4.69, 9.17) is 5.73 Å². The summed E-state index contributed by atoms with van der Waals surface area (Å²) in [6, 6.07) is 0. The van der Waals surface area contributed by atoms with Gasteiger partial charge in [-0.25, -0.2) is 0 Å². The normalized spacial score (nSPS) is 8.12. The molecule has 2 N–H and O–H groups in total. The summed E-state index contributed by atoms with van der Waals surface area (Å²) in [5.74, 6) is 0. The maximum Gasteiger partial charge on any atom is 0.0795 e. The molecule has 0 atom stereocenters. The molecule has 46 valence electrons. The smallest absolute Gasteiger partial charge is 0.0795 e. The molecule has 0 aliphatic carbocycles. The Morgan fingerprint density at radius 2 is 1.88 bits per heavy atom. The highest BCUT2D eigenvalue weighted by atomic mass is 16.4. The van der Waals surface area contributed by atoms with Crippen LogP contribution in [0.2, 0.25) is 0 Å². The van der Waals surface area contributed by atoms with Crippen molar-refractivity contribution in [3.63, 3.8) is 0 Å². The van der Waals surface area contributed by atoms with Gasteiger partial charge in [0, 0.05) is 6.54 Å². The van der Waals surface area contributed by atoms with Crippen molar-refractivity contribution >= 4 is 0 Å². The zero-order valence-electron chi connectivity index (χ0n) is 4.15. The van der Waals surface area contributed by atoms with E-state index < -0.39 is 0 Å². The number of nitroso groups, excluding NO2 is 2. The fourth-order valence-electron chi connectivity index (χ4n) is 0.212. The predicted molar refractivity (Wildman–Crippen MR) is 27.4 cm³/mol. The Hall–Kier alpha value is -1.04. The first kappa shape index (κ1) is 6.96. The van der Waals surface area contributed by atoms with Gasteiger partial charge in [0.25, 0.3) is 0 Å². The molecule has 0 aromatic rings. The van der Waals surface area contributed by atoms with Crippen LogP contribution in [0.25, 0.3) is 0 Å². The Morgan fingerprint density at radius 1 is 1.38 bits per heavy atom. The minimum absolute atomic E-state index is 0.0764. The molecule has 0 aromatic carbocycles. The second-order valence-electron chi connectivity index (χ2n) is 1.05. The van der Waals surface area contributed by atoms with Gasteiger partial charge in [0.2, 0.25) is 0 Å². The SMILES string of the molecule is NCCN(N=O)N=O. The molecule has 6 nitrogen and oxygen atoms in total. The summed E-state index contributed by atoms with van der Waals surface area (Å²) in [5, 5.41) is 4.89. The van der Waals surface area contributed by atoms with E-state index in [2.05, 4.69) is 10.6 Å². The summed E-state index contributed by atoms with van der Waals surface area (Å²) >= 11 is 0. The molecular formula is C2H6N4O2. The van der Waals surface area contributed by atoms with E-state index in [1.54, 1.807) is 0 Å². The van der Waals surface area contributed by atoms with Crippen LogP contribution in [0, 0.1) is 9.81 Å². The molecule has 0 radical (unpaired) electrons. The summed E-state index contributed by atoms with van der Waals surface area (Å²) in [5.41, 5.74) is 4.94. The predicted octanol–water partition coefficient (Wildman–Crippen LogP) is -0.390. The molecule has 0 heterocycles. The van der Waals surface area contributed by atoms with Gasteiger partial charge >= 0.3 is 0 Å². The van der Waals surface area contributed by atoms with Gasteiger partial charge in [-0.2, -0.15) is 0 Å². The molecule has 0 aliphatic rings. The van der Waals surface area contributed by atoms with Gasteiger partial charge < -0.3 is 5.73 Å². The average molecular weight is 118 g/mol. The molecule has 0 bridgehead atoms. The molecule has 8 heavy (non-hydrogen) atoms. The Balaban J connectivity index is 3.35. The van der Waals surface area contributed by atoms with Gasteiger partial charge in [0.1, 0.15) is 0 Å². The zero-order valence-corrected chi connectivity index (χ0v) is 4.15. The molecule has 0 saturated heterocycles. The first-order valence-corrected chi connectivity index (χ1v) is 1.99. The first-order chi connectivity index (χ1) is 3.85. The van der Waals surface area contributed by atoms with E-state index in [0.717, 1.165) is 0 Å². The van der Waals surface area contributed by atoms with Gasteiger partial charge in [-0.1, -0.05) is 0 Å². The Morgan fingerprint density at radius 3 is 2.00 bits per heavy atom. The third-order valence-electron chi connectivity index (χ3n) is 0.518. The third-order valence-corrected chi connectivity index (χ3v) is 0.518. The number of hydrogen-bond donors (Lipinski definition) is 1. The van der Waals surface area contributed by atoms with Crippen LogP contribution in [0.3, 0.4) is 0 Å². The Labute approximate surface area is 45.5 Å². The first-order valence-electron chi connectivity index (χ1n) is 1.99. The highest BCUT2D eigenvalue weighted by Gasteiger charge is 1.95. The van der Waals surface area contributed by atoms with Gasteiger partial charge in [0.15, 0.2) is 0 Å². The number of rotatable bonds is 4. The fourth-order valence-corrected chi connectivity index (χ4v) is 0.212. The monoisotopic (exact) mass is 118 g/mol. The minimum atomic E-state index is 0.0764. The van der Waals surface area contributed by atoms with Crippen molar-refractivity contribution in [2.75, 3.05) is 13.1 Å². The van der Waals surface area contributed by atoms with Gasteiger partial charge in [-0.3, -0.25) is 0 Å².